The Labute approximate surface area is 107 Å². The Morgan fingerprint density at radius 2 is 1.88 bits per heavy atom. The molecule has 1 aliphatic rings. The lowest BCUT2D eigenvalue weighted by molar-refractivity contribution is 0.112. The molecular formula is C13H20N2OS. The number of anilines is 1. The quantitative estimate of drug-likeness (QED) is 0.774. The number of aromatic nitrogens is 1. The zero-order valence-electron chi connectivity index (χ0n) is 10.4. The van der Waals surface area contributed by atoms with Crippen LogP contribution in [-0.2, 0) is 6.42 Å². The van der Waals surface area contributed by atoms with Gasteiger partial charge < -0.3 is 4.90 Å². The van der Waals surface area contributed by atoms with Gasteiger partial charge in [-0.3, -0.25) is 4.79 Å². The summed E-state index contributed by atoms with van der Waals surface area (Å²) in [6.07, 6.45) is 8.30. The van der Waals surface area contributed by atoms with Gasteiger partial charge in [-0.15, -0.1) is 0 Å². The highest BCUT2D eigenvalue weighted by Gasteiger charge is 2.15. The number of nitrogens with zero attached hydrogens (tertiary/aromatic N) is 2. The van der Waals surface area contributed by atoms with Crippen molar-refractivity contribution in [1.82, 2.24) is 4.98 Å². The zero-order chi connectivity index (χ0) is 12.1. The van der Waals surface area contributed by atoms with Crippen LogP contribution < -0.4 is 4.90 Å². The molecule has 3 nitrogen and oxygen atoms in total. The Morgan fingerprint density at radius 3 is 2.41 bits per heavy atom. The van der Waals surface area contributed by atoms with Gasteiger partial charge in [-0.25, -0.2) is 4.98 Å². The number of aldehydes is 1. The topological polar surface area (TPSA) is 33.2 Å². The van der Waals surface area contributed by atoms with Crippen molar-refractivity contribution in [3.63, 3.8) is 0 Å². The van der Waals surface area contributed by atoms with Crippen LogP contribution in [0.25, 0.3) is 0 Å². The molecular weight excluding hydrogens is 232 g/mol. The molecule has 4 heteroatoms. The minimum absolute atomic E-state index is 0.810. The summed E-state index contributed by atoms with van der Waals surface area (Å²) in [7, 11) is 0. The molecule has 1 saturated heterocycles. The predicted octanol–water partition coefficient (Wildman–Crippen LogP) is 3.29. The van der Waals surface area contributed by atoms with Gasteiger partial charge in [0.15, 0.2) is 11.4 Å². The Kier molecular flexibility index (Phi) is 4.54. The Morgan fingerprint density at radius 1 is 1.24 bits per heavy atom. The first kappa shape index (κ1) is 12.6. The average molecular weight is 252 g/mol. The van der Waals surface area contributed by atoms with Gasteiger partial charge in [-0.05, 0) is 19.3 Å². The fourth-order valence-electron chi connectivity index (χ4n) is 2.27. The van der Waals surface area contributed by atoms with Gasteiger partial charge >= 0.3 is 0 Å². The molecule has 0 saturated carbocycles. The standard InChI is InChI=1S/C13H20N2OS/c1-2-11-12(10-16)17-13(14-11)15-8-6-4-3-5-7-9-15/h10H,2-9H2,1H3. The van der Waals surface area contributed by atoms with Crippen LogP contribution in [-0.4, -0.2) is 24.4 Å². The van der Waals surface area contributed by atoms with Gasteiger partial charge in [-0.1, -0.05) is 37.5 Å². The molecule has 0 amide bonds. The molecule has 0 radical (unpaired) electrons. The molecule has 1 aliphatic heterocycles. The summed E-state index contributed by atoms with van der Waals surface area (Å²) in [6.45, 7) is 4.24. The highest BCUT2D eigenvalue weighted by atomic mass is 32.1. The van der Waals surface area contributed by atoms with E-state index < -0.39 is 0 Å². The van der Waals surface area contributed by atoms with Crippen molar-refractivity contribution in [3.8, 4) is 0 Å². The summed E-state index contributed by atoms with van der Waals surface area (Å²) in [5.41, 5.74) is 0.960. The van der Waals surface area contributed by atoms with Crippen LogP contribution in [0.5, 0.6) is 0 Å². The number of carbonyl (C=O) groups excluding carboxylic acids is 1. The molecule has 0 spiro atoms. The van der Waals surface area contributed by atoms with Crippen molar-refractivity contribution in [2.45, 2.75) is 45.4 Å². The van der Waals surface area contributed by atoms with Crippen molar-refractivity contribution in [2.75, 3.05) is 18.0 Å². The van der Waals surface area contributed by atoms with E-state index in [-0.39, 0.29) is 0 Å². The molecule has 0 atom stereocenters. The van der Waals surface area contributed by atoms with Crippen molar-refractivity contribution >= 4 is 22.8 Å². The van der Waals surface area contributed by atoms with Crippen LogP contribution in [0, 0.1) is 0 Å². The molecule has 94 valence electrons. The van der Waals surface area contributed by atoms with E-state index in [2.05, 4.69) is 16.8 Å². The van der Waals surface area contributed by atoms with E-state index in [0.717, 1.165) is 41.5 Å². The molecule has 1 fully saturated rings. The number of hydrogen-bond acceptors (Lipinski definition) is 4. The minimum atomic E-state index is 0.810. The van der Waals surface area contributed by atoms with E-state index in [9.17, 15) is 4.79 Å². The molecule has 2 rings (SSSR count). The Hall–Kier alpha value is -0.900. The number of hydrogen-bond donors (Lipinski definition) is 0. The molecule has 1 aromatic rings. The fraction of sp³-hybridized carbons (Fsp3) is 0.692. The molecule has 0 aromatic carbocycles. The van der Waals surface area contributed by atoms with Gasteiger partial charge in [0.05, 0.1) is 10.6 Å². The van der Waals surface area contributed by atoms with Gasteiger partial charge in [0.2, 0.25) is 0 Å². The van der Waals surface area contributed by atoms with Crippen molar-refractivity contribution in [2.24, 2.45) is 0 Å². The lowest BCUT2D eigenvalue weighted by Crippen LogP contribution is -2.26. The predicted molar refractivity (Wildman–Crippen MR) is 72.2 cm³/mol. The van der Waals surface area contributed by atoms with Crippen LogP contribution in [0.15, 0.2) is 0 Å². The van der Waals surface area contributed by atoms with Crippen LogP contribution in [0.2, 0.25) is 0 Å². The maximum absolute atomic E-state index is 11.0. The van der Waals surface area contributed by atoms with Crippen LogP contribution in [0.3, 0.4) is 0 Å². The molecule has 0 unspecified atom stereocenters. The third-order valence-corrected chi connectivity index (χ3v) is 4.37. The zero-order valence-corrected chi connectivity index (χ0v) is 11.3. The lowest BCUT2D eigenvalue weighted by Gasteiger charge is -2.23. The van der Waals surface area contributed by atoms with E-state index in [1.807, 2.05) is 0 Å². The van der Waals surface area contributed by atoms with Crippen LogP contribution >= 0.6 is 11.3 Å². The summed E-state index contributed by atoms with van der Waals surface area (Å²) in [4.78, 5) is 18.7. The summed E-state index contributed by atoms with van der Waals surface area (Å²) >= 11 is 1.55. The van der Waals surface area contributed by atoms with E-state index in [0.29, 0.717) is 0 Å². The second-order valence-electron chi connectivity index (χ2n) is 4.53. The molecule has 17 heavy (non-hydrogen) atoms. The van der Waals surface area contributed by atoms with Crippen molar-refractivity contribution < 1.29 is 4.79 Å². The number of carbonyl (C=O) groups is 1. The normalized spacial score (nSPS) is 17.6. The van der Waals surface area contributed by atoms with Gasteiger partial charge in [-0.2, -0.15) is 0 Å². The van der Waals surface area contributed by atoms with Crippen molar-refractivity contribution in [1.29, 1.82) is 0 Å². The van der Waals surface area contributed by atoms with E-state index in [4.69, 9.17) is 0 Å². The third-order valence-electron chi connectivity index (χ3n) is 3.28. The Bertz CT molecular complexity index is 367. The first-order chi connectivity index (χ1) is 8.35. The first-order valence-electron chi connectivity index (χ1n) is 6.55. The fourth-order valence-corrected chi connectivity index (χ4v) is 3.29. The second kappa shape index (κ2) is 6.15. The van der Waals surface area contributed by atoms with E-state index in [1.165, 1.54) is 32.1 Å². The molecule has 0 N–H and O–H groups in total. The van der Waals surface area contributed by atoms with Crippen molar-refractivity contribution in [3.05, 3.63) is 10.6 Å². The van der Waals surface area contributed by atoms with Crippen LogP contribution in [0.1, 0.15) is 54.4 Å². The minimum Gasteiger partial charge on any atom is -0.348 e. The second-order valence-corrected chi connectivity index (χ2v) is 5.54. The van der Waals surface area contributed by atoms with Crippen LogP contribution in [0.4, 0.5) is 5.13 Å². The molecule has 2 heterocycles. The lowest BCUT2D eigenvalue weighted by atomic mass is 10.1. The number of thiazole rings is 1. The average Bonchev–Trinajstić information content (AvgIpc) is 2.71. The van der Waals surface area contributed by atoms with E-state index in [1.54, 1.807) is 11.3 Å². The number of aryl methyl sites for hydroxylation is 1. The highest BCUT2D eigenvalue weighted by Crippen LogP contribution is 2.27. The smallest absolute Gasteiger partial charge is 0.186 e. The Balaban J connectivity index is 2.13. The summed E-state index contributed by atoms with van der Waals surface area (Å²) in [5, 5.41) is 1.05. The third kappa shape index (κ3) is 3.06. The SMILES string of the molecule is CCc1nc(N2CCCCCCC2)sc1C=O. The number of rotatable bonds is 3. The largest absolute Gasteiger partial charge is 0.348 e. The highest BCUT2D eigenvalue weighted by molar-refractivity contribution is 7.17. The maximum atomic E-state index is 11.0. The monoisotopic (exact) mass is 252 g/mol. The van der Waals surface area contributed by atoms with E-state index >= 15 is 0 Å². The maximum Gasteiger partial charge on any atom is 0.186 e. The summed E-state index contributed by atoms with van der Waals surface area (Å²) < 4.78 is 0. The molecule has 0 aliphatic carbocycles. The first-order valence-corrected chi connectivity index (χ1v) is 7.36. The van der Waals surface area contributed by atoms with Gasteiger partial charge in [0, 0.05) is 13.1 Å². The molecule has 1 aromatic heterocycles. The van der Waals surface area contributed by atoms with Gasteiger partial charge in [0.25, 0.3) is 0 Å². The molecule has 0 bridgehead atoms. The summed E-state index contributed by atoms with van der Waals surface area (Å²) in [6, 6.07) is 0. The summed E-state index contributed by atoms with van der Waals surface area (Å²) in [5.74, 6) is 0. The van der Waals surface area contributed by atoms with Gasteiger partial charge in [0.1, 0.15) is 0 Å².